The molecular weight excluding hydrogens is 506 g/mol. The van der Waals surface area contributed by atoms with Crippen molar-refractivity contribution < 1.29 is 29.2 Å². The lowest BCUT2D eigenvalue weighted by Gasteiger charge is -2.48. The first-order valence-corrected chi connectivity index (χ1v) is 13.0. The molecule has 1 aliphatic heterocycles. The van der Waals surface area contributed by atoms with Gasteiger partial charge in [-0.25, -0.2) is 0 Å². The number of carbonyl (C=O) groups excluding carboxylic acids is 1. The smallest absolute Gasteiger partial charge is 0.238 e. The second kappa shape index (κ2) is 9.33. The minimum absolute atomic E-state index is 0.0370. The normalized spacial score (nSPS) is 21.3. The number of hydrogen-bond acceptors (Lipinski definition) is 7. The highest BCUT2D eigenvalue weighted by atomic mass is 16.6. The first-order chi connectivity index (χ1) is 19.2. The van der Waals surface area contributed by atoms with Gasteiger partial charge in [0.25, 0.3) is 0 Å². The topological polar surface area (TPSA) is 97.6 Å². The van der Waals surface area contributed by atoms with Gasteiger partial charge in [0, 0.05) is 11.1 Å². The molecule has 7 nitrogen and oxygen atoms in total. The van der Waals surface area contributed by atoms with E-state index in [4.69, 9.17) is 19.2 Å². The molecule has 0 saturated heterocycles. The van der Waals surface area contributed by atoms with Crippen LogP contribution >= 0.6 is 0 Å². The van der Waals surface area contributed by atoms with Crippen LogP contribution in [-0.2, 0) is 20.9 Å². The third-order valence-corrected chi connectivity index (χ3v) is 7.94. The van der Waals surface area contributed by atoms with E-state index in [0.717, 1.165) is 21.9 Å². The number of rotatable bonds is 5. The lowest BCUT2D eigenvalue weighted by atomic mass is 9.74. The summed E-state index contributed by atoms with van der Waals surface area (Å²) in [7, 11) is 3.19. The number of methoxy groups -OCH3 is 2. The third kappa shape index (κ3) is 3.66. The van der Waals surface area contributed by atoms with E-state index in [1.54, 1.807) is 26.4 Å². The minimum Gasteiger partial charge on any atom is -0.506 e. The molecule has 0 radical (unpaired) electrons. The Labute approximate surface area is 232 Å². The Bertz CT molecular complexity index is 1660. The largest absolute Gasteiger partial charge is 0.506 e. The van der Waals surface area contributed by atoms with Crippen molar-refractivity contribution in [1.29, 1.82) is 0 Å². The molecule has 2 N–H and O–H groups in total. The molecule has 0 fully saturated rings. The van der Waals surface area contributed by atoms with Crippen molar-refractivity contribution in [3.8, 4) is 11.5 Å². The van der Waals surface area contributed by atoms with Crippen LogP contribution in [0.15, 0.2) is 95.5 Å². The van der Waals surface area contributed by atoms with Crippen LogP contribution in [0.25, 0.3) is 16.5 Å². The van der Waals surface area contributed by atoms with Crippen molar-refractivity contribution in [3.63, 3.8) is 0 Å². The highest BCUT2D eigenvalue weighted by Gasteiger charge is 2.57. The molecule has 40 heavy (non-hydrogen) atoms. The van der Waals surface area contributed by atoms with Gasteiger partial charge in [0.2, 0.25) is 5.79 Å². The van der Waals surface area contributed by atoms with Gasteiger partial charge < -0.3 is 24.4 Å². The summed E-state index contributed by atoms with van der Waals surface area (Å²) >= 11 is 0. The van der Waals surface area contributed by atoms with Crippen molar-refractivity contribution >= 4 is 28.0 Å². The number of hydrogen-bond donors (Lipinski definition) is 2. The number of aliphatic imine (C=N–C) groups is 1. The number of benzene rings is 4. The summed E-state index contributed by atoms with van der Waals surface area (Å²) < 4.78 is 17.3. The molecule has 0 bridgehead atoms. The zero-order valence-corrected chi connectivity index (χ0v) is 22.6. The summed E-state index contributed by atoms with van der Waals surface area (Å²) in [5.41, 5.74) is 0.874. The van der Waals surface area contributed by atoms with Crippen LogP contribution in [0.3, 0.4) is 0 Å². The number of Topliss-reactive ketones (excluding diaryl/α,β-unsaturated/α-hetero) is 1. The van der Waals surface area contributed by atoms with Gasteiger partial charge in [-0.15, -0.1) is 0 Å². The van der Waals surface area contributed by atoms with E-state index in [1.165, 1.54) is 6.92 Å². The standard InChI is InChI=1S/C33H29NO6/c1-19(35)29-30(36)27-17-21-7-5-6-8-22(21)18-28(27)33(37)31(29)34-32(20(2)40-33,23-9-13-25(38-3)14-10-23)24-11-15-26(39-4)16-12-24/h5-18,20,36-37H,1-4H3. The summed E-state index contributed by atoms with van der Waals surface area (Å²) in [6.07, 6.45) is -0.712. The maximum Gasteiger partial charge on any atom is 0.238 e. The maximum atomic E-state index is 13.1. The molecule has 7 heteroatoms. The fourth-order valence-corrected chi connectivity index (χ4v) is 5.91. The summed E-state index contributed by atoms with van der Waals surface area (Å²) in [6.45, 7) is 3.19. The molecule has 6 rings (SSSR count). The Morgan fingerprint density at radius 3 is 1.90 bits per heavy atom. The Balaban J connectivity index is 1.69. The second-order valence-corrected chi connectivity index (χ2v) is 10.1. The highest BCUT2D eigenvalue weighted by molar-refractivity contribution is 6.30. The van der Waals surface area contributed by atoms with Crippen molar-refractivity contribution in [3.05, 3.63) is 113 Å². The molecule has 0 aromatic heterocycles. The van der Waals surface area contributed by atoms with Gasteiger partial charge in [0.1, 0.15) is 28.5 Å². The predicted molar refractivity (Wildman–Crippen MR) is 153 cm³/mol. The quantitative estimate of drug-likeness (QED) is 0.341. The molecular formula is C33H29NO6. The number of nitrogens with zero attached hydrogens (tertiary/aromatic N) is 1. The van der Waals surface area contributed by atoms with Crippen molar-refractivity contribution in [2.75, 3.05) is 14.2 Å². The molecule has 202 valence electrons. The van der Waals surface area contributed by atoms with Gasteiger partial charge in [0.05, 0.1) is 25.9 Å². The molecule has 0 amide bonds. The van der Waals surface area contributed by atoms with Crippen LogP contribution < -0.4 is 9.47 Å². The molecule has 0 saturated carbocycles. The zero-order valence-electron chi connectivity index (χ0n) is 22.6. The van der Waals surface area contributed by atoms with Crippen molar-refractivity contribution in [2.45, 2.75) is 31.3 Å². The van der Waals surface area contributed by atoms with E-state index in [2.05, 4.69) is 0 Å². The number of carbonyl (C=O) groups is 1. The average molecular weight is 536 g/mol. The molecule has 0 spiro atoms. The van der Waals surface area contributed by atoms with E-state index >= 15 is 0 Å². The summed E-state index contributed by atoms with van der Waals surface area (Å²) in [5, 5.41) is 25.5. The summed E-state index contributed by atoms with van der Waals surface area (Å²) in [4.78, 5) is 18.3. The Hall–Kier alpha value is -4.46. The van der Waals surface area contributed by atoms with Crippen LogP contribution in [-0.4, -0.2) is 42.0 Å². The number of fused-ring (bicyclic) bond motifs is 4. The van der Waals surface area contributed by atoms with E-state index < -0.39 is 23.2 Å². The van der Waals surface area contributed by atoms with Crippen LogP contribution in [0, 0.1) is 0 Å². The van der Waals surface area contributed by atoms with Crippen molar-refractivity contribution in [1.82, 2.24) is 0 Å². The van der Waals surface area contributed by atoms with Gasteiger partial charge in [-0.05, 0) is 72.1 Å². The maximum absolute atomic E-state index is 13.1. The zero-order chi connectivity index (χ0) is 28.2. The fraction of sp³-hybridized carbons (Fsp3) is 0.212. The molecule has 2 unspecified atom stereocenters. The Morgan fingerprint density at radius 1 is 0.875 bits per heavy atom. The first-order valence-electron chi connectivity index (χ1n) is 13.0. The minimum atomic E-state index is -2.07. The molecule has 1 heterocycles. The van der Waals surface area contributed by atoms with Crippen molar-refractivity contribution in [2.24, 2.45) is 4.99 Å². The Morgan fingerprint density at radius 2 is 1.40 bits per heavy atom. The molecule has 4 aromatic rings. The van der Waals surface area contributed by atoms with E-state index in [1.807, 2.05) is 79.7 Å². The molecule has 2 atom stereocenters. The van der Waals surface area contributed by atoms with Crippen LogP contribution in [0.1, 0.15) is 36.1 Å². The van der Waals surface area contributed by atoms with Gasteiger partial charge in [-0.3, -0.25) is 9.79 Å². The van der Waals surface area contributed by atoms with E-state index in [9.17, 15) is 15.0 Å². The number of ketones is 1. The molecule has 4 aromatic carbocycles. The fourth-order valence-electron chi connectivity index (χ4n) is 5.91. The SMILES string of the molecule is COc1ccc(C2(c3ccc(OC)cc3)N=C3C(C(C)=O)=C(O)c4cc5ccccc5cc4C3(O)OC2C)cc1. The van der Waals surface area contributed by atoms with E-state index in [-0.39, 0.29) is 17.0 Å². The predicted octanol–water partition coefficient (Wildman–Crippen LogP) is 5.68. The van der Waals surface area contributed by atoms with Crippen LogP contribution in [0.4, 0.5) is 0 Å². The number of aliphatic hydroxyl groups excluding tert-OH is 1. The Kier molecular flexibility index (Phi) is 6.02. The lowest BCUT2D eigenvalue weighted by Crippen LogP contribution is -2.56. The average Bonchev–Trinajstić information content (AvgIpc) is 2.97. The second-order valence-electron chi connectivity index (χ2n) is 10.1. The van der Waals surface area contributed by atoms with Gasteiger partial charge in [-0.1, -0.05) is 48.5 Å². The summed E-state index contributed by atoms with van der Waals surface area (Å²) in [6, 6.07) is 26.0. The number of ether oxygens (including phenoxy) is 3. The van der Waals surface area contributed by atoms with Crippen LogP contribution in [0.2, 0.25) is 0 Å². The van der Waals surface area contributed by atoms with Gasteiger partial charge >= 0.3 is 0 Å². The monoisotopic (exact) mass is 535 g/mol. The summed E-state index contributed by atoms with van der Waals surface area (Å²) in [5.74, 6) is -1.42. The lowest BCUT2D eigenvalue weighted by molar-refractivity contribution is -0.207. The van der Waals surface area contributed by atoms with E-state index in [0.29, 0.717) is 22.6 Å². The first kappa shape index (κ1) is 25.8. The molecule has 1 aliphatic carbocycles. The van der Waals surface area contributed by atoms with Gasteiger partial charge in [0.15, 0.2) is 5.78 Å². The molecule has 2 aliphatic rings. The third-order valence-electron chi connectivity index (χ3n) is 7.94. The van der Waals surface area contributed by atoms with Gasteiger partial charge in [-0.2, -0.15) is 0 Å². The van der Waals surface area contributed by atoms with Crippen LogP contribution in [0.5, 0.6) is 11.5 Å². The highest BCUT2D eigenvalue weighted by Crippen LogP contribution is 2.51. The number of aliphatic hydroxyl groups is 2.